The van der Waals surface area contributed by atoms with E-state index in [1.807, 2.05) is 0 Å². The van der Waals surface area contributed by atoms with Gasteiger partial charge >= 0.3 is 0 Å². The fraction of sp³-hybridized carbons (Fsp3) is 0.556. The van der Waals surface area contributed by atoms with Crippen LogP contribution >= 0.6 is 0 Å². The molecule has 0 fully saturated rings. The van der Waals surface area contributed by atoms with Gasteiger partial charge in [-0.3, -0.25) is 0 Å². The number of rotatable bonds is 8. The first-order valence-corrected chi connectivity index (χ1v) is 8.04. The molecule has 0 amide bonds. The Bertz CT molecular complexity index is 490. The van der Waals surface area contributed by atoms with E-state index in [0.717, 1.165) is 13.0 Å². The predicted molar refractivity (Wildman–Crippen MR) is 88.2 cm³/mol. The zero-order chi connectivity index (χ0) is 14.4. The highest BCUT2D eigenvalue weighted by Crippen LogP contribution is 2.23. The van der Waals surface area contributed by atoms with Gasteiger partial charge < -0.3 is 10.3 Å². The van der Waals surface area contributed by atoms with Crippen LogP contribution in [0.5, 0.6) is 0 Å². The Labute approximate surface area is 123 Å². The van der Waals surface area contributed by atoms with Crippen molar-refractivity contribution in [2.24, 2.45) is 0 Å². The first-order valence-electron chi connectivity index (χ1n) is 8.04. The van der Waals surface area contributed by atoms with Crippen molar-refractivity contribution in [2.45, 2.75) is 58.4 Å². The molecule has 0 saturated carbocycles. The summed E-state index contributed by atoms with van der Waals surface area (Å²) in [5, 5.41) is 5.02. The summed E-state index contributed by atoms with van der Waals surface area (Å²) in [4.78, 5) is 3.53. The van der Waals surface area contributed by atoms with E-state index in [0.29, 0.717) is 5.54 Å². The predicted octanol–water partition coefficient (Wildman–Crippen LogP) is 4.66. The molecular formula is C18H28N2. The zero-order valence-corrected chi connectivity index (χ0v) is 13.1. The number of nitrogens with one attached hydrogen (secondary N) is 2. The monoisotopic (exact) mass is 272 g/mol. The SMILES string of the molecule is CCNC(CC)(CC)CCCc1cc2ccccc2[nH]1. The summed E-state index contributed by atoms with van der Waals surface area (Å²) in [5.74, 6) is 0. The number of hydrogen-bond acceptors (Lipinski definition) is 1. The number of H-pyrrole nitrogens is 1. The van der Waals surface area contributed by atoms with Gasteiger partial charge in [0.1, 0.15) is 0 Å². The van der Waals surface area contributed by atoms with Gasteiger partial charge in [-0.25, -0.2) is 0 Å². The number of aryl methyl sites for hydroxylation is 1. The van der Waals surface area contributed by atoms with Crippen LogP contribution in [0.3, 0.4) is 0 Å². The molecule has 1 heterocycles. The minimum Gasteiger partial charge on any atom is -0.358 e. The van der Waals surface area contributed by atoms with Crippen LogP contribution in [-0.2, 0) is 6.42 Å². The lowest BCUT2D eigenvalue weighted by atomic mass is 9.86. The van der Waals surface area contributed by atoms with Crippen LogP contribution in [0.2, 0.25) is 0 Å². The van der Waals surface area contributed by atoms with E-state index < -0.39 is 0 Å². The second kappa shape index (κ2) is 6.94. The van der Waals surface area contributed by atoms with Crippen LogP contribution in [0.1, 0.15) is 52.1 Å². The highest BCUT2D eigenvalue weighted by molar-refractivity contribution is 5.80. The maximum absolute atomic E-state index is 3.70. The van der Waals surface area contributed by atoms with Gasteiger partial charge in [-0.15, -0.1) is 0 Å². The third-order valence-corrected chi connectivity index (χ3v) is 4.59. The standard InChI is InChI=1S/C18H28N2/c1-4-18(5-2,19-6-3)13-9-11-16-14-15-10-7-8-12-17(15)20-16/h7-8,10,12,14,19-20H,4-6,9,11,13H2,1-3H3. The summed E-state index contributed by atoms with van der Waals surface area (Å²) < 4.78 is 0. The van der Waals surface area contributed by atoms with Crippen molar-refractivity contribution >= 4 is 10.9 Å². The fourth-order valence-corrected chi connectivity index (χ4v) is 3.20. The van der Waals surface area contributed by atoms with Gasteiger partial charge in [0.25, 0.3) is 0 Å². The summed E-state index contributed by atoms with van der Waals surface area (Å²) in [6, 6.07) is 10.8. The van der Waals surface area contributed by atoms with Crippen molar-refractivity contribution in [2.75, 3.05) is 6.54 Å². The topological polar surface area (TPSA) is 27.8 Å². The zero-order valence-electron chi connectivity index (χ0n) is 13.1. The minimum atomic E-state index is 0.334. The maximum atomic E-state index is 3.70. The molecule has 2 N–H and O–H groups in total. The quantitative estimate of drug-likeness (QED) is 0.718. The van der Waals surface area contributed by atoms with E-state index in [4.69, 9.17) is 0 Å². The van der Waals surface area contributed by atoms with E-state index in [1.54, 1.807) is 0 Å². The molecule has 20 heavy (non-hydrogen) atoms. The Kier molecular flexibility index (Phi) is 5.24. The van der Waals surface area contributed by atoms with E-state index in [2.05, 4.69) is 61.4 Å². The summed E-state index contributed by atoms with van der Waals surface area (Å²) in [6.07, 6.45) is 6.06. The lowest BCUT2D eigenvalue weighted by molar-refractivity contribution is 0.279. The second-order valence-corrected chi connectivity index (χ2v) is 5.75. The number of para-hydroxylation sites is 1. The molecular weight excluding hydrogens is 244 g/mol. The van der Waals surface area contributed by atoms with Crippen molar-refractivity contribution in [1.29, 1.82) is 0 Å². The molecule has 0 radical (unpaired) electrons. The van der Waals surface area contributed by atoms with E-state index in [-0.39, 0.29) is 0 Å². The molecule has 1 aromatic carbocycles. The third-order valence-electron chi connectivity index (χ3n) is 4.59. The van der Waals surface area contributed by atoms with Gasteiger partial charge in [0.15, 0.2) is 0 Å². The van der Waals surface area contributed by atoms with Gasteiger partial charge in [0.2, 0.25) is 0 Å². The Balaban J connectivity index is 1.94. The molecule has 0 aliphatic carbocycles. The second-order valence-electron chi connectivity index (χ2n) is 5.75. The molecule has 0 atom stereocenters. The highest BCUT2D eigenvalue weighted by Gasteiger charge is 2.23. The van der Waals surface area contributed by atoms with E-state index >= 15 is 0 Å². The van der Waals surface area contributed by atoms with Crippen LogP contribution in [0, 0.1) is 0 Å². The largest absolute Gasteiger partial charge is 0.358 e. The van der Waals surface area contributed by atoms with Crippen LogP contribution in [-0.4, -0.2) is 17.1 Å². The average Bonchev–Trinajstić information content (AvgIpc) is 2.89. The van der Waals surface area contributed by atoms with Gasteiger partial charge in [-0.2, -0.15) is 0 Å². The van der Waals surface area contributed by atoms with Crippen molar-refractivity contribution < 1.29 is 0 Å². The van der Waals surface area contributed by atoms with Crippen LogP contribution in [0.15, 0.2) is 30.3 Å². The molecule has 0 unspecified atom stereocenters. The first kappa shape index (κ1) is 15.1. The van der Waals surface area contributed by atoms with Gasteiger partial charge in [-0.05, 0) is 56.2 Å². The Morgan fingerprint density at radius 3 is 2.50 bits per heavy atom. The molecule has 2 nitrogen and oxygen atoms in total. The number of hydrogen-bond donors (Lipinski definition) is 2. The van der Waals surface area contributed by atoms with Crippen LogP contribution in [0.4, 0.5) is 0 Å². The molecule has 0 saturated heterocycles. The summed E-state index contributed by atoms with van der Waals surface area (Å²) in [6.45, 7) is 7.87. The maximum Gasteiger partial charge on any atom is 0.0456 e. The Hall–Kier alpha value is -1.28. The average molecular weight is 272 g/mol. The Morgan fingerprint density at radius 2 is 1.85 bits per heavy atom. The van der Waals surface area contributed by atoms with Crippen molar-refractivity contribution in [3.05, 3.63) is 36.0 Å². The van der Waals surface area contributed by atoms with Crippen LogP contribution < -0.4 is 5.32 Å². The summed E-state index contributed by atoms with van der Waals surface area (Å²) in [7, 11) is 0. The third kappa shape index (κ3) is 3.43. The normalized spacial score (nSPS) is 12.2. The number of fused-ring (bicyclic) bond motifs is 1. The van der Waals surface area contributed by atoms with E-state index in [9.17, 15) is 0 Å². The molecule has 0 spiro atoms. The fourth-order valence-electron chi connectivity index (χ4n) is 3.20. The molecule has 0 bridgehead atoms. The van der Waals surface area contributed by atoms with Crippen molar-refractivity contribution in [1.82, 2.24) is 10.3 Å². The highest BCUT2D eigenvalue weighted by atomic mass is 15.0. The van der Waals surface area contributed by atoms with Gasteiger partial charge in [0.05, 0.1) is 0 Å². The Morgan fingerprint density at radius 1 is 1.10 bits per heavy atom. The molecule has 0 aliphatic rings. The summed E-state index contributed by atoms with van der Waals surface area (Å²) in [5.41, 5.74) is 2.95. The van der Waals surface area contributed by atoms with E-state index in [1.165, 1.54) is 42.3 Å². The lowest BCUT2D eigenvalue weighted by Crippen LogP contribution is -2.44. The van der Waals surface area contributed by atoms with Crippen LogP contribution in [0.25, 0.3) is 10.9 Å². The molecule has 2 rings (SSSR count). The minimum absolute atomic E-state index is 0.334. The molecule has 0 aliphatic heterocycles. The molecule has 1 aromatic heterocycles. The van der Waals surface area contributed by atoms with Gasteiger partial charge in [-0.1, -0.05) is 39.0 Å². The smallest absolute Gasteiger partial charge is 0.0456 e. The first-order chi connectivity index (χ1) is 9.73. The molecule has 2 aromatic rings. The number of aromatic nitrogens is 1. The van der Waals surface area contributed by atoms with Gasteiger partial charge in [0, 0.05) is 16.7 Å². The summed E-state index contributed by atoms with van der Waals surface area (Å²) >= 11 is 0. The van der Waals surface area contributed by atoms with Crippen molar-refractivity contribution in [3.8, 4) is 0 Å². The molecule has 2 heteroatoms. The molecule has 110 valence electrons. The number of benzene rings is 1. The lowest BCUT2D eigenvalue weighted by Gasteiger charge is -2.33. The van der Waals surface area contributed by atoms with Crippen molar-refractivity contribution in [3.63, 3.8) is 0 Å². The number of aromatic amines is 1.